The molecule has 0 radical (unpaired) electrons. The third-order valence-electron chi connectivity index (χ3n) is 9.87. The number of anilines is 1. The van der Waals surface area contributed by atoms with Crippen molar-refractivity contribution in [3.05, 3.63) is 107 Å². The van der Waals surface area contributed by atoms with Gasteiger partial charge in [0.2, 0.25) is 17.7 Å². The Bertz CT molecular complexity index is 2100. The Morgan fingerprint density at radius 1 is 0.957 bits per heavy atom. The molecule has 4 unspecified atom stereocenters. The van der Waals surface area contributed by atoms with Gasteiger partial charge >= 0.3 is 0 Å². The van der Waals surface area contributed by atoms with Crippen LogP contribution in [0.4, 0.5) is 5.69 Å². The molecule has 47 heavy (non-hydrogen) atoms. The number of allylic oxidation sites excluding steroid dienone is 6. The molecule has 4 aliphatic rings. The van der Waals surface area contributed by atoms with E-state index >= 15 is 0 Å². The summed E-state index contributed by atoms with van der Waals surface area (Å²) in [7, 11) is 0. The molecule has 1 fully saturated rings. The number of carbonyl (C=O) groups is 4. The molecular formula is C38H30N2O7. The second-order valence-corrected chi connectivity index (χ2v) is 12.4. The van der Waals surface area contributed by atoms with Gasteiger partial charge in [-0.05, 0) is 81.1 Å². The van der Waals surface area contributed by atoms with Crippen molar-refractivity contribution < 1.29 is 33.4 Å². The Kier molecular flexibility index (Phi) is 6.61. The number of phenols is 1. The molecule has 1 saturated heterocycles. The van der Waals surface area contributed by atoms with E-state index in [0.717, 1.165) is 11.1 Å². The fourth-order valence-electron chi connectivity index (χ4n) is 7.76. The van der Waals surface area contributed by atoms with Gasteiger partial charge in [0.05, 0.1) is 24.1 Å². The van der Waals surface area contributed by atoms with Crippen LogP contribution in [-0.4, -0.2) is 40.1 Å². The highest BCUT2D eigenvalue weighted by Crippen LogP contribution is 2.57. The van der Waals surface area contributed by atoms with Gasteiger partial charge in [-0.2, -0.15) is 0 Å². The summed E-state index contributed by atoms with van der Waals surface area (Å²) in [6.45, 7) is 3.75. The van der Waals surface area contributed by atoms with E-state index in [1.165, 1.54) is 11.0 Å². The highest BCUT2D eigenvalue weighted by Gasteiger charge is 2.57. The number of para-hydroxylation sites is 3. The number of fused-ring (bicyclic) bond motifs is 4. The summed E-state index contributed by atoms with van der Waals surface area (Å²) in [6, 6.07) is 19.5. The van der Waals surface area contributed by atoms with Crippen LogP contribution < -0.4 is 9.64 Å². The number of imide groups is 1. The maximum atomic E-state index is 14.3. The zero-order valence-electron chi connectivity index (χ0n) is 25.7. The number of ketones is 2. The number of oxazole rings is 1. The van der Waals surface area contributed by atoms with E-state index in [1.807, 2.05) is 37.3 Å². The van der Waals surface area contributed by atoms with Crippen molar-refractivity contribution in [3.8, 4) is 23.0 Å². The summed E-state index contributed by atoms with van der Waals surface area (Å²) in [6.07, 6.45) is 3.72. The summed E-state index contributed by atoms with van der Waals surface area (Å²) >= 11 is 0. The summed E-state index contributed by atoms with van der Waals surface area (Å²) in [5, 5.41) is 11.4. The number of Topliss-reactive ketones (excluding diaryl/α,β-unsaturated/α-hetero) is 1. The Hall–Kier alpha value is -5.57. The maximum absolute atomic E-state index is 14.3. The highest BCUT2D eigenvalue weighted by atomic mass is 16.5. The summed E-state index contributed by atoms with van der Waals surface area (Å²) in [4.78, 5) is 61.1. The monoisotopic (exact) mass is 626 g/mol. The molecule has 1 N–H and O–H groups in total. The lowest BCUT2D eigenvalue weighted by atomic mass is 9.59. The van der Waals surface area contributed by atoms with Crippen LogP contribution in [0.5, 0.6) is 11.5 Å². The average Bonchev–Trinajstić information content (AvgIpc) is 3.62. The molecule has 9 heteroatoms. The zero-order chi connectivity index (χ0) is 32.6. The van der Waals surface area contributed by atoms with Gasteiger partial charge in [-0.15, -0.1) is 0 Å². The van der Waals surface area contributed by atoms with Gasteiger partial charge in [-0.1, -0.05) is 35.9 Å². The second-order valence-electron chi connectivity index (χ2n) is 12.4. The zero-order valence-corrected chi connectivity index (χ0v) is 25.7. The smallest absolute Gasteiger partial charge is 0.238 e. The standard InChI is InChI=1S/C38H30N2O7/c1-3-46-30-10-6-7-23(35(30)43)31-22-15-16-24-32(25(22)18-26-28(41)17-19(2)34(42)33(26)31)38(45)40(37(24)44)21-13-11-20(12-14-21)36-39-27-8-4-5-9-29(27)47-36/h4-15,17,24-25,31-32,43H,3,16,18H2,1-2H3. The quantitative estimate of drug-likeness (QED) is 0.157. The molecule has 4 aromatic rings. The average molecular weight is 627 g/mol. The first kappa shape index (κ1) is 28.9. The Morgan fingerprint density at radius 2 is 1.74 bits per heavy atom. The fourth-order valence-corrected chi connectivity index (χ4v) is 7.76. The number of amides is 2. The van der Waals surface area contributed by atoms with Crippen LogP contribution >= 0.6 is 0 Å². The van der Waals surface area contributed by atoms with E-state index in [-0.39, 0.29) is 41.3 Å². The van der Waals surface area contributed by atoms with E-state index in [9.17, 15) is 24.3 Å². The van der Waals surface area contributed by atoms with Crippen molar-refractivity contribution in [2.45, 2.75) is 32.6 Å². The van der Waals surface area contributed by atoms with E-state index in [0.29, 0.717) is 58.0 Å². The third-order valence-corrected chi connectivity index (χ3v) is 9.87. The van der Waals surface area contributed by atoms with E-state index in [1.54, 1.807) is 49.4 Å². The van der Waals surface area contributed by atoms with Crippen LogP contribution in [0.15, 0.2) is 106 Å². The molecule has 2 amide bonds. The number of benzene rings is 3. The summed E-state index contributed by atoms with van der Waals surface area (Å²) in [5.74, 6) is -3.24. The van der Waals surface area contributed by atoms with E-state index < -0.39 is 23.7 Å². The molecular weight excluding hydrogens is 596 g/mol. The van der Waals surface area contributed by atoms with Crippen molar-refractivity contribution in [1.29, 1.82) is 0 Å². The molecule has 1 aliphatic heterocycles. The van der Waals surface area contributed by atoms with Gasteiger partial charge in [-0.25, -0.2) is 4.98 Å². The van der Waals surface area contributed by atoms with Crippen LogP contribution in [0, 0.1) is 17.8 Å². The van der Waals surface area contributed by atoms with Crippen LogP contribution in [-0.2, 0) is 19.2 Å². The number of nitrogens with zero attached hydrogens (tertiary/aromatic N) is 2. The Morgan fingerprint density at radius 3 is 2.51 bits per heavy atom. The first-order valence-corrected chi connectivity index (χ1v) is 15.8. The van der Waals surface area contributed by atoms with Gasteiger partial charge in [0.1, 0.15) is 5.52 Å². The highest BCUT2D eigenvalue weighted by molar-refractivity contribution is 6.25. The minimum absolute atomic E-state index is 0.114. The molecule has 3 aromatic carbocycles. The van der Waals surface area contributed by atoms with Gasteiger partial charge in [-0.3, -0.25) is 24.1 Å². The molecule has 2 heterocycles. The van der Waals surface area contributed by atoms with Crippen molar-refractivity contribution in [2.75, 3.05) is 11.5 Å². The molecule has 0 spiro atoms. The van der Waals surface area contributed by atoms with Crippen LogP contribution in [0.3, 0.4) is 0 Å². The number of hydrogen-bond donors (Lipinski definition) is 1. The maximum Gasteiger partial charge on any atom is 0.238 e. The number of aromatic nitrogens is 1. The van der Waals surface area contributed by atoms with Gasteiger partial charge in [0.25, 0.3) is 0 Å². The second kappa shape index (κ2) is 10.8. The van der Waals surface area contributed by atoms with Gasteiger partial charge in [0, 0.05) is 33.8 Å². The van der Waals surface area contributed by atoms with Crippen LogP contribution in [0.1, 0.15) is 38.2 Å². The molecule has 0 saturated carbocycles. The lowest BCUT2D eigenvalue weighted by molar-refractivity contribution is -0.123. The van der Waals surface area contributed by atoms with Crippen LogP contribution in [0.2, 0.25) is 0 Å². The Balaban J connectivity index is 1.17. The normalized spacial score (nSPS) is 23.8. The molecule has 9 nitrogen and oxygen atoms in total. The molecule has 234 valence electrons. The largest absolute Gasteiger partial charge is 0.504 e. The number of rotatable bonds is 5. The molecule has 1 aromatic heterocycles. The third kappa shape index (κ3) is 4.33. The SMILES string of the molecule is CCOc1cccc(C2C3=CCC4C(=O)N(c5ccc(-c6nc7ccccc7o6)cc5)C(=O)C4C3CC3=C2C(=O)C(C)=CC3=O)c1O. The molecule has 8 rings (SSSR count). The van der Waals surface area contributed by atoms with Crippen molar-refractivity contribution in [2.24, 2.45) is 17.8 Å². The first-order valence-electron chi connectivity index (χ1n) is 15.8. The van der Waals surface area contributed by atoms with E-state index in [2.05, 4.69) is 4.98 Å². The van der Waals surface area contributed by atoms with E-state index in [4.69, 9.17) is 9.15 Å². The number of ether oxygens (including phenoxy) is 1. The summed E-state index contributed by atoms with van der Waals surface area (Å²) < 4.78 is 11.5. The lowest BCUT2D eigenvalue weighted by Crippen LogP contribution is -2.39. The number of carbonyl (C=O) groups excluding carboxylic acids is 4. The number of aromatic hydroxyl groups is 1. The molecule has 3 aliphatic carbocycles. The van der Waals surface area contributed by atoms with Crippen molar-refractivity contribution >= 4 is 40.2 Å². The number of hydrogen-bond acceptors (Lipinski definition) is 8. The number of phenolic OH excluding ortho intramolecular Hbond substituents is 1. The first-order chi connectivity index (χ1) is 22.8. The predicted octanol–water partition coefficient (Wildman–Crippen LogP) is 6.23. The fraction of sp³-hybridized carbons (Fsp3) is 0.237. The van der Waals surface area contributed by atoms with Crippen LogP contribution in [0.25, 0.3) is 22.6 Å². The molecule has 4 atom stereocenters. The topological polar surface area (TPSA) is 127 Å². The van der Waals surface area contributed by atoms with Crippen molar-refractivity contribution in [3.63, 3.8) is 0 Å². The van der Waals surface area contributed by atoms with Gasteiger partial charge < -0.3 is 14.3 Å². The minimum atomic E-state index is -0.766. The minimum Gasteiger partial charge on any atom is -0.504 e. The van der Waals surface area contributed by atoms with Crippen molar-refractivity contribution in [1.82, 2.24) is 4.98 Å². The lowest BCUT2D eigenvalue weighted by Gasteiger charge is -2.42. The van der Waals surface area contributed by atoms with Gasteiger partial charge in [0.15, 0.2) is 28.6 Å². The Labute approximate surface area is 269 Å². The summed E-state index contributed by atoms with van der Waals surface area (Å²) in [5.41, 5.74) is 4.71. The molecule has 0 bridgehead atoms. The predicted molar refractivity (Wildman–Crippen MR) is 173 cm³/mol.